The van der Waals surface area contributed by atoms with E-state index in [-0.39, 0.29) is 5.56 Å². The smallest absolute Gasteiger partial charge is 0.176 e. The first kappa shape index (κ1) is 10.5. The molecule has 1 atom stereocenters. The Balaban J connectivity index is 3.41. The first-order chi connectivity index (χ1) is 5.95. The van der Waals surface area contributed by atoms with Gasteiger partial charge in [0.25, 0.3) is 0 Å². The quantitative estimate of drug-likeness (QED) is 0.605. The summed E-state index contributed by atoms with van der Waals surface area (Å²) in [6.45, 7) is 1.45. The van der Waals surface area contributed by atoms with E-state index in [0.717, 1.165) is 6.07 Å². The molecule has 1 aromatic rings. The average molecular weight is 254 g/mol. The molecule has 0 fully saturated rings. The van der Waals surface area contributed by atoms with Crippen molar-refractivity contribution < 1.29 is 13.2 Å². The summed E-state index contributed by atoms with van der Waals surface area (Å²) in [5, 5.41) is 0. The molecule has 0 amide bonds. The summed E-state index contributed by atoms with van der Waals surface area (Å²) in [5.41, 5.74) is 5.15. The number of hydrogen-bond donors (Lipinski definition) is 1. The maximum atomic E-state index is 13.0. The second-order valence-corrected chi connectivity index (χ2v) is 3.47. The van der Waals surface area contributed by atoms with Crippen molar-refractivity contribution in [1.29, 1.82) is 0 Å². The molecule has 13 heavy (non-hydrogen) atoms. The molecule has 2 N–H and O–H groups in total. The van der Waals surface area contributed by atoms with Gasteiger partial charge in [-0.25, -0.2) is 13.2 Å². The van der Waals surface area contributed by atoms with Crippen LogP contribution in [0.3, 0.4) is 0 Å². The topological polar surface area (TPSA) is 26.0 Å². The minimum atomic E-state index is -1.24. The lowest BCUT2D eigenvalue weighted by molar-refractivity contribution is 0.472. The van der Waals surface area contributed by atoms with Crippen LogP contribution >= 0.6 is 15.9 Å². The van der Waals surface area contributed by atoms with Crippen LogP contribution in [-0.4, -0.2) is 0 Å². The third-order valence-electron chi connectivity index (χ3n) is 1.62. The van der Waals surface area contributed by atoms with Crippen LogP contribution in [0.15, 0.2) is 10.5 Å². The fourth-order valence-electron chi connectivity index (χ4n) is 0.922. The highest BCUT2D eigenvalue weighted by Crippen LogP contribution is 2.27. The van der Waals surface area contributed by atoms with E-state index >= 15 is 0 Å². The normalized spacial score (nSPS) is 13.1. The number of benzene rings is 1. The molecule has 0 aromatic heterocycles. The summed E-state index contributed by atoms with van der Waals surface area (Å²) in [6.07, 6.45) is 0. The maximum Gasteiger partial charge on any atom is 0.176 e. The van der Waals surface area contributed by atoms with Gasteiger partial charge in [0.05, 0.1) is 4.47 Å². The van der Waals surface area contributed by atoms with Crippen molar-refractivity contribution in [2.24, 2.45) is 5.73 Å². The molecule has 72 valence electrons. The molecule has 0 aliphatic carbocycles. The zero-order chi connectivity index (χ0) is 10.2. The van der Waals surface area contributed by atoms with E-state index < -0.39 is 28.0 Å². The standard InChI is InChI=1S/C8H7BrF3N/c1-3(13)4-2-5(10)6(9)8(12)7(4)11/h2-3H,13H2,1H3. The van der Waals surface area contributed by atoms with Gasteiger partial charge in [0.15, 0.2) is 11.6 Å². The van der Waals surface area contributed by atoms with Crippen LogP contribution in [0.1, 0.15) is 18.5 Å². The molecule has 1 rings (SSSR count). The Bertz CT molecular complexity index is 339. The molecular weight excluding hydrogens is 247 g/mol. The van der Waals surface area contributed by atoms with E-state index in [0.29, 0.717) is 0 Å². The molecule has 5 heteroatoms. The Hall–Kier alpha value is -0.550. The van der Waals surface area contributed by atoms with Gasteiger partial charge in [-0.15, -0.1) is 0 Å². The van der Waals surface area contributed by atoms with Gasteiger partial charge in [-0.05, 0) is 28.9 Å². The zero-order valence-electron chi connectivity index (χ0n) is 6.74. The molecule has 1 aromatic carbocycles. The van der Waals surface area contributed by atoms with Crippen molar-refractivity contribution in [1.82, 2.24) is 0 Å². The number of halogens is 4. The highest BCUT2D eigenvalue weighted by Gasteiger charge is 2.18. The SMILES string of the molecule is CC(N)c1cc(F)c(Br)c(F)c1F. The van der Waals surface area contributed by atoms with Crippen molar-refractivity contribution >= 4 is 15.9 Å². The Morgan fingerprint density at radius 1 is 1.31 bits per heavy atom. The van der Waals surface area contributed by atoms with Gasteiger partial charge in [0, 0.05) is 11.6 Å². The molecule has 0 aliphatic heterocycles. The minimum Gasteiger partial charge on any atom is -0.324 e. The molecular formula is C8H7BrF3N. The summed E-state index contributed by atoms with van der Waals surface area (Å²) in [4.78, 5) is 0. The zero-order valence-corrected chi connectivity index (χ0v) is 8.33. The average Bonchev–Trinajstić information content (AvgIpc) is 2.07. The van der Waals surface area contributed by atoms with Gasteiger partial charge in [-0.1, -0.05) is 0 Å². The number of hydrogen-bond acceptors (Lipinski definition) is 1. The molecule has 0 bridgehead atoms. The van der Waals surface area contributed by atoms with E-state index in [4.69, 9.17) is 5.73 Å². The van der Waals surface area contributed by atoms with Crippen molar-refractivity contribution in [3.8, 4) is 0 Å². The largest absolute Gasteiger partial charge is 0.324 e. The van der Waals surface area contributed by atoms with Gasteiger partial charge in [0.2, 0.25) is 0 Å². The van der Waals surface area contributed by atoms with Gasteiger partial charge in [0.1, 0.15) is 5.82 Å². The Morgan fingerprint density at radius 2 is 1.85 bits per heavy atom. The van der Waals surface area contributed by atoms with Crippen LogP contribution in [0.4, 0.5) is 13.2 Å². The second kappa shape index (κ2) is 3.67. The van der Waals surface area contributed by atoms with E-state index in [1.807, 2.05) is 0 Å². The van der Waals surface area contributed by atoms with Crippen molar-refractivity contribution in [2.45, 2.75) is 13.0 Å². The van der Waals surface area contributed by atoms with Gasteiger partial charge >= 0.3 is 0 Å². The third kappa shape index (κ3) is 1.86. The van der Waals surface area contributed by atoms with Crippen molar-refractivity contribution in [2.75, 3.05) is 0 Å². The second-order valence-electron chi connectivity index (χ2n) is 2.68. The van der Waals surface area contributed by atoms with Crippen LogP contribution in [0.2, 0.25) is 0 Å². The fraction of sp³-hybridized carbons (Fsp3) is 0.250. The Labute approximate surface area is 81.9 Å². The Morgan fingerprint density at radius 3 is 2.31 bits per heavy atom. The maximum absolute atomic E-state index is 13.0. The predicted molar refractivity (Wildman–Crippen MR) is 46.6 cm³/mol. The Kier molecular flexibility index (Phi) is 2.98. The molecule has 0 heterocycles. The monoisotopic (exact) mass is 253 g/mol. The van der Waals surface area contributed by atoms with E-state index in [9.17, 15) is 13.2 Å². The lowest BCUT2D eigenvalue weighted by Gasteiger charge is -2.09. The number of rotatable bonds is 1. The van der Waals surface area contributed by atoms with E-state index in [2.05, 4.69) is 15.9 Å². The summed E-state index contributed by atoms with van der Waals surface area (Å²) in [7, 11) is 0. The summed E-state index contributed by atoms with van der Waals surface area (Å²) >= 11 is 2.58. The van der Waals surface area contributed by atoms with Crippen LogP contribution < -0.4 is 5.73 Å². The highest BCUT2D eigenvalue weighted by molar-refractivity contribution is 9.10. The van der Waals surface area contributed by atoms with Crippen LogP contribution in [0, 0.1) is 17.5 Å². The van der Waals surface area contributed by atoms with Gasteiger partial charge < -0.3 is 5.73 Å². The molecule has 0 spiro atoms. The van der Waals surface area contributed by atoms with Crippen molar-refractivity contribution in [3.05, 3.63) is 33.6 Å². The predicted octanol–water partition coefficient (Wildman–Crippen LogP) is 2.89. The van der Waals surface area contributed by atoms with E-state index in [1.54, 1.807) is 0 Å². The van der Waals surface area contributed by atoms with Crippen LogP contribution in [0.25, 0.3) is 0 Å². The summed E-state index contributed by atoms with van der Waals surface area (Å²) in [5.74, 6) is -3.21. The molecule has 0 saturated carbocycles. The highest BCUT2D eigenvalue weighted by atomic mass is 79.9. The molecule has 0 radical (unpaired) electrons. The van der Waals surface area contributed by atoms with Crippen molar-refractivity contribution in [3.63, 3.8) is 0 Å². The van der Waals surface area contributed by atoms with Gasteiger partial charge in [-0.3, -0.25) is 0 Å². The van der Waals surface area contributed by atoms with E-state index in [1.165, 1.54) is 6.92 Å². The molecule has 1 nitrogen and oxygen atoms in total. The summed E-state index contributed by atoms with van der Waals surface area (Å²) in [6, 6.07) is 0.143. The summed E-state index contributed by atoms with van der Waals surface area (Å²) < 4.78 is 38.3. The lowest BCUT2D eigenvalue weighted by Crippen LogP contribution is -2.10. The van der Waals surface area contributed by atoms with Crippen LogP contribution in [-0.2, 0) is 0 Å². The number of nitrogens with two attached hydrogens (primary N) is 1. The van der Waals surface area contributed by atoms with Gasteiger partial charge in [-0.2, -0.15) is 0 Å². The third-order valence-corrected chi connectivity index (χ3v) is 2.35. The molecule has 0 saturated heterocycles. The first-order valence-electron chi connectivity index (χ1n) is 3.53. The minimum absolute atomic E-state index is 0.168. The first-order valence-corrected chi connectivity index (χ1v) is 4.33. The lowest BCUT2D eigenvalue weighted by atomic mass is 10.1. The molecule has 0 aliphatic rings. The fourth-order valence-corrected chi connectivity index (χ4v) is 1.21. The van der Waals surface area contributed by atoms with Crippen LogP contribution in [0.5, 0.6) is 0 Å². The molecule has 1 unspecified atom stereocenters.